The number of aromatic nitrogens is 3. The standard InChI is InChI=1S/C27H33N7O/c1-32(2)18-8-7-13-34(16-18)25-15-26(35-4)23(14-21(25)28)31-27-29-12-11-22(30-27)20-17-33(3)24-10-6-5-9-19(20)24/h5-6,9-12,14-15,17-18H,7-8,13,16,28H2,1-4H3,(H,29,30,31). The third-order valence-electron chi connectivity index (χ3n) is 6.89. The van der Waals surface area contributed by atoms with Crippen molar-refractivity contribution < 1.29 is 4.74 Å². The Kier molecular flexibility index (Phi) is 6.21. The number of piperidine rings is 1. The second kappa shape index (κ2) is 9.46. The lowest BCUT2D eigenvalue weighted by Gasteiger charge is -2.38. The third kappa shape index (κ3) is 4.49. The summed E-state index contributed by atoms with van der Waals surface area (Å²) in [6.07, 6.45) is 6.21. The van der Waals surface area contributed by atoms with Crippen molar-refractivity contribution in [3.8, 4) is 17.0 Å². The number of methoxy groups -OCH3 is 1. The normalized spacial score (nSPS) is 16.1. The van der Waals surface area contributed by atoms with E-state index in [4.69, 9.17) is 15.5 Å². The first-order valence-corrected chi connectivity index (χ1v) is 12.0. The van der Waals surface area contributed by atoms with Gasteiger partial charge < -0.3 is 30.2 Å². The minimum atomic E-state index is 0.492. The molecule has 0 aliphatic carbocycles. The Hall–Kier alpha value is -3.78. The third-order valence-corrected chi connectivity index (χ3v) is 6.89. The van der Waals surface area contributed by atoms with Crippen molar-refractivity contribution in [1.29, 1.82) is 0 Å². The molecular formula is C27H33N7O. The van der Waals surface area contributed by atoms with Crippen molar-refractivity contribution in [1.82, 2.24) is 19.4 Å². The summed E-state index contributed by atoms with van der Waals surface area (Å²) < 4.78 is 7.86. The van der Waals surface area contributed by atoms with E-state index in [0.29, 0.717) is 23.4 Å². The number of hydrogen-bond donors (Lipinski definition) is 2. The molecule has 8 nitrogen and oxygen atoms in total. The van der Waals surface area contributed by atoms with Crippen molar-refractivity contribution >= 4 is 33.9 Å². The van der Waals surface area contributed by atoms with Gasteiger partial charge in [-0.05, 0) is 45.1 Å². The van der Waals surface area contributed by atoms with Gasteiger partial charge in [-0.3, -0.25) is 0 Å². The van der Waals surface area contributed by atoms with E-state index in [1.54, 1.807) is 13.3 Å². The predicted octanol–water partition coefficient (Wildman–Crippen LogP) is 4.50. The van der Waals surface area contributed by atoms with Crippen LogP contribution in [-0.2, 0) is 7.05 Å². The van der Waals surface area contributed by atoms with Crippen LogP contribution in [0.1, 0.15) is 12.8 Å². The summed E-state index contributed by atoms with van der Waals surface area (Å²) in [5, 5.41) is 4.48. The number of aryl methyl sites for hydroxylation is 1. The number of likely N-dealkylation sites (N-methyl/N-ethyl adjacent to an activating group) is 1. The van der Waals surface area contributed by atoms with E-state index in [1.165, 1.54) is 6.42 Å². The second-order valence-corrected chi connectivity index (χ2v) is 9.38. The molecular weight excluding hydrogens is 438 g/mol. The number of ether oxygens (including phenoxy) is 1. The summed E-state index contributed by atoms with van der Waals surface area (Å²) in [5.74, 6) is 1.20. The minimum Gasteiger partial charge on any atom is -0.494 e. The number of benzene rings is 2. The van der Waals surface area contributed by atoms with E-state index in [9.17, 15) is 0 Å². The number of para-hydroxylation sites is 1. The molecule has 182 valence electrons. The molecule has 35 heavy (non-hydrogen) atoms. The zero-order valence-electron chi connectivity index (χ0n) is 20.8. The van der Waals surface area contributed by atoms with E-state index >= 15 is 0 Å². The molecule has 2 aromatic heterocycles. The van der Waals surface area contributed by atoms with Gasteiger partial charge in [0.15, 0.2) is 0 Å². The highest BCUT2D eigenvalue weighted by Crippen LogP contribution is 2.38. The van der Waals surface area contributed by atoms with Crippen molar-refractivity contribution in [3.63, 3.8) is 0 Å². The molecule has 0 amide bonds. The van der Waals surface area contributed by atoms with Crippen molar-refractivity contribution in [2.24, 2.45) is 7.05 Å². The van der Waals surface area contributed by atoms with Crippen LogP contribution in [0.2, 0.25) is 0 Å². The summed E-state index contributed by atoms with van der Waals surface area (Å²) in [7, 11) is 7.99. The van der Waals surface area contributed by atoms with Crippen LogP contribution in [-0.4, -0.2) is 59.8 Å². The van der Waals surface area contributed by atoms with Crippen LogP contribution >= 0.6 is 0 Å². The van der Waals surface area contributed by atoms with E-state index in [1.807, 2.05) is 37.4 Å². The van der Waals surface area contributed by atoms with Crippen LogP contribution in [0.5, 0.6) is 5.75 Å². The summed E-state index contributed by atoms with van der Waals surface area (Å²) >= 11 is 0. The van der Waals surface area contributed by atoms with E-state index in [-0.39, 0.29) is 0 Å². The quantitative estimate of drug-likeness (QED) is 0.401. The fraction of sp³-hybridized carbons (Fsp3) is 0.333. The van der Waals surface area contributed by atoms with Crippen LogP contribution in [0, 0.1) is 0 Å². The zero-order valence-corrected chi connectivity index (χ0v) is 20.8. The van der Waals surface area contributed by atoms with Crippen LogP contribution < -0.4 is 20.7 Å². The number of hydrogen-bond acceptors (Lipinski definition) is 7. The first-order chi connectivity index (χ1) is 16.9. The maximum atomic E-state index is 6.54. The molecule has 3 N–H and O–H groups in total. The first-order valence-electron chi connectivity index (χ1n) is 12.0. The molecule has 0 bridgehead atoms. The molecule has 0 spiro atoms. The molecule has 3 heterocycles. The SMILES string of the molecule is COc1cc(N2CCCC(N(C)C)C2)c(N)cc1Nc1nccc(-c2cn(C)c3ccccc23)n1. The summed E-state index contributed by atoms with van der Waals surface area (Å²) in [4.78, 5) is 13.9. The number of anilines is 4. The Morgan fingerprint density at radius 3 is 2.80 bits per heavy atom. The van der Waals surface area contributed by atoms with Gasteiger partial charge in [0.2, 0.25) is 5.95 Å². The Balaban J connectivity index is 1.44. The average Bonchev–Trinajstić information content (AvgIpc) is 3.21. The molecule has 1 atom stereocenters. The molecule has 0 saturated carbocycles. The van der Waals surface area contributed by atoms with Gasteiger partial charge in [0.05, 0.1) is 29.9 Å². The van der Waals surface area contributed by atoms with Gasteiger partial charge in [-0.1, -0.05) is 18.2 Å². The molecule has 1 aliphatic heterocycles. The van der Waals surface area contributed by atoms with Gasteiger partial charge in [-0.15, -0.1) is 0 Å². The Morgan fingerprint density at radius 1 is 1.17 bits per heavy atom. The number of rotatable bonds is 6. The molecule has 1 saturated heterocycles. The van der Waals surface area contributed by atoms with Crippen molar-refractivity contribution in [2.45, 2.75) is 18.9 Å². The summed E-state index contributed by atoms with van der Waals surface area (Å²) in [6.45, 7) is 1.93. The van der Waals surface area contributed by atoms with Gasteiger partial charge in [-0.2, -0.15) is 0 Å². The number of fused-ring (bicyclic) bond motifs is 1. The van der Waals surface area contributed by atoms with E-state index < -0.39 is 0 Å². The lowest BCUT2D eigenvalue weighted by atomic mass is 10.0. The Bertz CT molecular complexity index is 1350. The molecule has 1 unspecified atom stereocenters. The number of nitrogen functional groups attached to an aromatic ring is 1. The zero-order chi connectivity index (χ0) is 24.5. The van der Waals surface area contributed by atoms with Gasteiger partial charge >= 0.3 is 0 Å². The van der Waals surface area contributed by atoms with Gasteiger partial charge in [0.25, 0.3) is 0 Å². The highest BCUT2D eigenvalue weighted by Gasteiger charge is 2.24. The first kappa shape index (κ1) is 23.0. The van der Waals surface area contributed by atoms with Crippen molar-refractivity contribution in [2.75, 3.05) is 50.2 Å². The van der Waals surface area contributed by atoms with Crippen LogP contribution in [0.4, 0.5) is 23.0 Å². The molecule has 5 rings (SSSR count). The fourth-order valence-corrected chi connectivity index (χ4v) is 4.96. The molecule has 8 heteroatoms. The van der Waals surface area contributed by atoms with Gasteiger partial charge in [0, 0.05) is 61.1 Å². The van der Waals surface area contributed by atoms with Crippen molar-refractivity contribution in [3.05, 3.63) is 54.9 Å². The molecule has 1 fully saturated rings. The lowest BCUT2D eigenvalue weighted by molar-refractivity contribution is 0.258. The summed E-state index contributed by atoms with van der Waals surface area (Å²) in [5.41, 5.74) is 12.1. The van der Waals surface area contributed by atoms with Crippen LogP contribution in [0.3, 0.4) is 0 Å². The fourth-order valence-electron chi connectivity index (χ4n) is 4.96. The largest absolute Gasteiger partial charge is 0.494 e. The highest BCUT2D eigenvalue weighted by molar-refractivity contribution is 5.95. The van der Waals surface area contributed by atoms with Crippen LogP contribution in [0.15, 0.2) is 54.9 Å². The predicted molar refractivity (Wildman–Crippen MR) is 144 cm³/mol. The maximum absolute atomic E-state index is 6.54. The lowest BCUT2D eigenvalue weighted by Crippen LogP contribution is -2.45. The molecule has 2 aromatic carbocycles. The second-order valence-electron chi connectivity index (χ2n) is 9.38. The number of nitrogens with two attached hydrogens (primary N) is 1. The maximum Gasteiger partial charge on any atom is 0.227 e. The number of nitrogens with zero attached hydrogens (tertiary/aromatic N) is 5. The molecule has 4 aromatic rings. The minimum absolute atomic E-state index is 0.492. The topological polar surface area (TPSA) is 84.5 Å². The molecule has 1 aliphatic rings. The van der Waals surface area contributed by atoms with Gasteiger partial charge in [-0.25, -0.2) is 9.97 Å². The van der Waals surface area contributed by atoms with Gasteiger partial charge in [0.1, 0.15) is 5.75 Å². The molecule has 0 radical (unpaired) electrons. The summed E-state index contributed by atoms with van der Waals surface area (Å²) in [6, 6.07) is 14.7. The average molecular weight is 472 g/mol. The van der Waals surface area contributed by atoms with Crippen LogP contribution in [0.25, 0.3) is 22.2 Å². The highest BCUT2D eigenvalue weighted by atomic mass is 16.5. The van der Waals surface area contributed by atoms with E-state index in [0.717, 1.165) is 53.0 Å². The Labute approximate surface area is 206 Å². The monoisotopic (exact) mass is 471 g/mol. The smallest absolute Gasteiger partial charge is 0.227 e. The number of nitrogens with one attached hydrogen (secondary N) is 1. The Morgan fingerprint density at radius 2 is 2.00 bits per heavy atom. The van der Waals surface area contributed by atoms with E-state index in [2.05, 4.69) is 57.1 Å².